The van der Waals surface area contributed by atoms with E-state index in [0.717, 1.165) is 0 Å². The van der Waals surface area contributed by atoms with Crippen molar-refractivity contribution in [2.75, 3.05) is 19.8 Å². The summed E-state index contributed by atoms with van der Waals surface area (Å²) in [6.45, 7) is 1.56. The fourth-order valence-corrected chi connectivity index (χ4v) is 7.29. The summed E-state index contributed by atoms with van der Waals surface area (Å²) in [5.41, 5.74) is 17.3. The molecule has 23 heteroatoms. The zero-order valence-corrected chi connectivity index (χ0v) is 38.1. The molecule has 1 fully saturated rings. The first-order valence-electron chi connectivity index (χ1n) is 22.3. The molecule has 0 bridgehead atoms. The minimum absolute atomic E-state index is 0.0803. The van der Waals surface area contributed by atoms with E-state index < -0.39 is 133 Å². The third-order valence-corrected chi connectivity index (χ3v) is 11.4. The Balaban J connectivity index is 1.84. The van der Waals surface area contributed by atoms with E-state index in [9.17, 15) is 63.3 Å². The number of likely N-dealkylation sites (tertiary alicyclic amines) is 1. The second-order valence-electron chi connectivity index (χ2n) is 16.6. The monoisotopic (exact) mass is 952 g/mol. The number of aliphatic carboxylic acids is 1. The Labute approximate surface area is 393 Å². The highest BCUT2D eigenvalue weighted by atomic mass is 16.4. The van der Waals surface area contributed by atoms with E-state index in [0.29, 0.717) is 24.0 Å². The van der Waals surface area contributed by atoms with E-state index in [2.05, 4.69) is 31.9 Å². The van der Waals surface area contributed by atoms with Crippen molar-refractivity contribution in [1.29, 1.82) is 0 Å². The zero-order valence-electron chi connectivity index (χ0n) is 38.1. The number of aliphatic hydroxyl groups is 2. The first kappa shape index (κ1) is 55.3. The Morgan fingerprint density at radius 1 is 0.632 bits per heavy atom. The number of nitrogens with two attached hydrogens (primary N) is 3. The average molecular weight is 953 g/mol. The quantitative estimate of drug-likeness (QED) is 0.0392. The van der Waals surface area contributed by atoms with Crippen LogP contribution in [0.25, 0.3) is 0 Å². The van der Waals surface area contributed by atoms with E-state index in [1.807, 2.05) is 0 Å². The number of rotatable bonds is 28. The van der Waals surface area contributed by atoms with Gasteiger partial charge in [0.2, 0.25) is 53.2 Å². The molecule has 0 aliphatic carbocycles. The van der Waals surface area contributed by atoms with Gasteiger partial charge in [0.25, 0.3) is 0 Å². The number of primary amides is 2. The molecular formula is C45H64N10O13. The summed E-state index contributed by atoms with van der Waals surface area (Å²) in [5, 5.41) is 45.0. The summed E-state index contributed by atoms with van der Waals surface area (Å²) < 4.78 is 0. The van der Waals surface area contributed by atoms with Crippen LogP contribution in [0.4, 0.5) is 0 Å². The normalized spacial score (nSPS) is 16.8. The molecule has 0 saturated carbocycles. The molecule has 15 N–H and O–H groups in total. The Hall–Kier alpha value is -6.98. The molecule has 2 aromatic rings. The van der Waals surface area contributed by atoms with Crippen LogP contribution in [0.15, 0.2) is 60.7 Å². The minimum atomic E-state index is -1.76. The third-order valence-electron chi connectivity index (χ3n) is 11.4. The second kappa shape index (κ2) is 27.6. The Morgan fingerprint density at radius 3 is 1.56 bits per heavy atom. The van der Waals surface area contributed by atoms with Gasteiger partial charge in [-0.15, -0.1) is 0 Å². The van der Waals surface area contributed by atoms with Gasteiger partial charge in [0.1, 0.15) is 42.3 Å². The van der Waals surface area contributed by atoms with Crippen molar-refractivity contribution in [3.63, 3.8) is 0 Å². The standard InChI is InChI=1S/C45H64N10O13/c1-3-25(2)37(45(67)68)54-43(65)34-15-10-20-55(34)44(66)31(22-27-13-8-5-9-14-27)51-42(64)33(24-57)53-40(62)30(21-26-11-6-4-7-12-26)50-41(63)32(23-56)52-39(61)29(17-19-36(48)59)49-38(60)28(46)16-18-35(47)58/h4-9,11-14,25,28-34,37,56-57H,3,10,15-24,46H2,1-2H3,(H2,47,58)(H2,48,59)(H,49,60)(H,50,63)(H,51,64)(H,52,61)(H,53,62)(H,54,65)(H,67,68)/t25-,28-,29-,30-,31-,32-,33-,34-,37-/m0/s1. The van der Waals surface area contributed by atoms with Gasteiger partial charge in [-0.05, 0) is 42.7 Å². The molecular weight excluding hydrogens is 889 g/mol. The SMILES string of the molecule is CC[C@H](C)[C@H](NC(=O)[C@@H]1CCCN1C(=O)[C@H](Cc1ccccc1)NC(=O)[C@H](CO)NC(=O)[C@H](Cc1ccccc1)NC(=O)[C@H](CO)NC(=O)[C@H](CCC(N)=O)NC(=O)[C@@H](N)CCC(N)=O)C(=O)O. The van der Waals surface area contributed by atoms with Crippen LogP contribution >= 0.6 is 0 Å². The highest BCUT2D eigenvalue weighted by Gasteiger charge is 2.40. The number of carboxylic acids is 1. The minimum Gasteiger partial charge on any atom is -0.480 e. The molecule has 23 nitrogen and oxygen atoms in total. The predicted octanol–water partition coefficient (Wildman–Crippen LogP) is -3.65. The maximum atomic E-state index is 14.3. The Kier molecular flexibility index (Phi) is 22.5. The fourth-order valence-electron chi connectivity index (χ4n) is 7.29. The van der Waals surface area contributed by atoms with Crippen LogP contribution in [0.5, 0.6) is 0 Å². The van der Waals surface area contributed by atoms with Crippen molar-refractivity contribution in [2.45, 2.75) is 120 Å². The van der Waals surface area contributed by atoms with Crippen LogP contribution in [0, 0.1) is 5.92 Å². The van der Waals surface area contributed by atoms with Crippen molar-refractivity contribution >= 4 is 59.1 Å². The highest BCUT2D eigenvalue weighted by molar-refractivity contribution is 5.98. The van der Waals surface area contributed by atoms with Crippen LogP contribution in [0.3, 0.4) is 0 Å². The maximum absolute atomic E-state index is 14.3. The van der Waals surface area contributed by atoms with Gasteiger partial charge in [0.15, 0.2) is 0 Å². The molecule has 1 aliphatic rings. The number of nitrogens with one attached hydrogen (secondary N) is 6. The van der Waals surface area contributed by atoms with Crippen LogP contribution in [0.2, 0.25) is 0 Å². The molecule has 68 heavy (non-hydrogen) atoms. The number of benzene rings is 2. The van der Waals surface area contributed by atoms with Gasteiger partial charge in [-0.1, -0.05) is 80.9 Å². The van der Waals surface area contributed by atoms with E-state index in [1.165, 1.54) is 4.90 Å². The number of carboxylic acid groups (broad SMARTS) is 1. The summed E-state index contributed by atoms with van der Waals surface area (Å²) in [5.74, 6) is -9.61. The van der Waals surface area contributed by atoms with Crippen molar-refractivity contribution in [2.24, 2.45) is 23.1 Å². The van der Waals surface area contributed by atoms with Crippen LogP contribution < -0.4 is 49.1 Å². The van der Waals surface area contributed by atoms with Crippen molar-refractivity contribution in [3.05, 3.63) is 71.8 Å². The molecule has 3 rings (SSSR count). The smallest absolute Gasteiger partial charge is 0.326 e. The van der Waals surface area contributed by atoms with Gasteiger partial charge in [0.05, 0.1) is 19.3 Å². The lowest BCUT2D eigenvalue weighted by atomic mass is 9.98. The van der Waals surface area contributed by atoms with E-state index in [4.69, 9.17) is 17.2 Å². The molecule has 1 aliphatic heterocycles. The van der Waals surface area contributed by atoms with Gasteiger partial charge in [-0.2, -0.15) is 0 Å². The molecule has 0 radical (unpaired) electrons. The number of carbonyl (C=O) groups is 10. The zero-order chi connectivity index (χ0) is 50.5. The van der Waals surface area contributed by atoms with Crippen molar-refractivity contribution < 1.29 is 63.3 Å². The number of amides is 9. The van der Waals surface area contributed by atoms with Crippen molar-refractivity contribution in [1.82, 2.24) is 36.8 Å². The molecule has 0 unspecified atom stereocenters. The summed E-state index contributed by atoms with van der Waals surface area (Å²) in [7, 11) is 0. The molecule has 9 amide bonds. The van der Waals surface area contributed by atoms with Gasteiger partial charge < -0.3 is 69.3 Å². The Bertz CT molecular complexity index is 2080. The van der Waals surface area contributed by atoms with Gasteiger partial charge in [-0.25, -0.2) is 4.79 Å². The highest BCUT2D eigenvalue weighted by Crippen LogP contribution is 2.21. The number of hydrogen-bond acceptors (Lipinski definition) is 13. The Morgan fingerprint density at radius 2 is 1.07 bits per heavy atom. The first-order chi connectivity index (χ1) is 32.3. The number of hydrogen-bond donors (Lipinski definition) is 12. The number of aliphatic hydroxyl groups excluding tert-OH is 2. The van der Waals surface area contributed by atoms with Crippen molar-refractivity contribution in [3.8, 4) is 0 Å². The predicted molar refractivity (Wildman–Crippen MR) is 243 cm³/mol. The van der Waals surface area contributed by atoms with Gasteiger partial charge in [0, 0.05) is 32.2 Å². The first-order valence-corrected chi connectivity index (χ1v) is 22.3. The van der Waals surface area contributed by atoms with E-state index in [-0.39, 0.29) is 45.1 Å². The largest absolute Gasteiger partial charge is 0.480 e. The fraction of sp³-hybridized carbons (Fsp3) is 0.511. The molecule has 2 aromatic carbocycles. The van der Waals surface area contributed by atoms with E-state index in [1.54, 1.807) is 74.5 Å². The molecule has 0 aromatic heterocycles. The van der Waals surface area contributed by atoms with E-state index >= 15 is 0 Å². The molecule has 0 spiro atoms. The van der Waals surface area contributed by atoms with Gasteiger partial charge in [-0.3, -0.25) is 43.2 Å². The van der Waals surface area contributed by atoms with Crippen LogP contribution in [-0.2, 0) is 60.8 Å². The number of carbonyl (C=O) groups excluding carboxylic acids is 9. The lowest BCUT2D eigenvalue weighted by Gasteiger charge is -2.31. The molecule has 9 atom stereocenters. The average Bonchev–Trinajstić information content (AvgIpc) is 3.81. The topological polar surface area (TPSA) is 385 Å². The summed E-state index contributed by atoms with van der Waals surface area (Å²) in [4.78, 5) is 132. The molecule has 1 heterocycles. The number of nitrogens with zero attached hydrogens (tertiary/aromatic N) is 1. The summed E-state index contributed by atoms with van der Waals surface area (Å²) >= 11 is 0. The summed E-state index contributed by atoms with van der Waals surface area (Å²) in [6, 6.07) is 5.45. The second-order valence-corrected chi connectivity index (χ2v) is 16.6. The lowest BCUT2D eigenvalue weighted by Crippen LogP contribution is -2.61. The third kappa shape index (κ3) is 17.3. The lowest BCUT2D eigenvalue weighted by molar-refractivity contribution is -0.146. The maximum Gasteiger partial charge on any atom is 0.326 e. The molecule has 372 valence electrons. The van der Waals surface area contributed by atoms with Gasteiger partial charge >= 0.3 is 5.97 Å². The van der Waals surface area contributed by atoms with Crippen LogP contribution in [0.1, 0.15) is 69.9 Å². The summed E-state index contributed by atoms with van der Waals surface area (Å²) in [6.07, 6.45) is -0.357. The van der Waals surface area contributed by atoms with Crippen LogP contribution in [-0.4, -0.2) is 147 Å². The molecule has 1 saturated heterocycles.